The van der Waals surface area contributed by atoms with Gasteiger partial charge in [0, 0.05) is 17.1 Å². The van der Waals surface area contributed by atoms with Gasteiger partial charge in [-0.15, -0.1) is 0 Å². The Kier molecular flexibility index (Phi) is 4.24. The fraction of sp³-hybridized carbons (Fsp3) is 0.238. The molecular weight excluding hydrogens is 408 g/mol. The Balaban J connectivity index is 1.59. The van der Waals surface area contributed by atoms with Crippen molar-refractivity contribution in [1.29, 1.82) is 0 Å². The number of carbonyl (C=O) groups excluding carboxylic acids is 2. The van der Waals surface area contributed by atoms with E-state index in [0.717, 1.165) is 0 Å². The van der Waals surface area contributed by atoms with E-state index in [1.54, 1.807) is 35.9 Å². The summed E-state index contributed by atoms with van der Waals surface area (Å²) < 4.78 is 34.6. The summed E-state index contributed by atoms with van der Waals surface area (Å²) in [5.41, 5.74) is 2.09. The molecule has 0 spiro atoms. The van der Waals surface area contributed by atoms with E-state index in [-0.39, 0.29) is 23.1 Å². The smallest absolute Gasteiger partial charge is 0.343 e. The molecule has 3 heterocycles. The number of aromatic nitrogens is 4. The number of aromatic amines is 1. The number of hydrogen-bond donors (Lipinski definition) is 2. The maximum absolute atomic E-state index is 15.1. The number of imidazole rings is 1. The molecule has 158 valence electrons. The first kappa shape index (κ1) is 19.2. The molecule has 2 N–H and O–H groups in total. The highest BCUT2D eigenvalue weighted by atomic mass is 19.1. The number of halogens is 2. The van der Waals surface area contributed by atoms with Gasteiger partial charge < -0.3 is 14.5 Å². The van der Waals surface area contributed by atoms with Gasteiger partial charge in [-0.3, -0.25) is 9.89 Å². The van der Waals surface area contributed by atoms with Crippen molar-refractivity contribution in [2.45, 2.75) is 19.5 Å². The topological polar surface area (TPSA) is 101 Å². The number of benzene rings is 1. The predicted molar refractivity (Wildman–Crippen MR) is 108 cm³/mol. The molecule has 0 bridgehead atoms. The highest BCUT2D eigenvalue weighted by Gasteiger charge is 2.43. The molecule has 1 aliphatic carbocycles. The molecule has 8 nitrogen and oxygen atoms in total. The number of anilines is 1. The summed E-state index contributed by atoms with van der Waals surface area (Å²) in [6.07, 6.45) is 4.01. The SMILES string of the molecule is COC(=O)c1c(F)c(C)c(-c2ccc3nc(NC(=O)[C@@H]4C[C@@H]4F)cn3c2)c2cn[nH]c12. The van der Waals surface area contributed by atoms with E-state index in [1.807, 2.05) is 0 Å². The van der Waals surface area contributed by atoms with Crippen molar-refractivity contribution in [1.82, 2.24) is 19.6 Å². The summed E-state index contributed by atoms with van der Waals surface area (Å²) in [4.78, 5) is 28.4. The van der Waals surface area contributed by atoms with E-state index in [9.17, 15) is 14.0 Å². The van der Waals surface area contributed by atoms with Crippen LogP contribution in [0.1, 0.15) is 22.3 Å². The zero-order valence-corrected chi connectivity index (χ0v) is 16.6. The second kappa shape index (κ2) is 6.86. The zero-order chi connectivity index (χ0) is 21.9. The van der Waals surface area contributed by atoms with Crippen LogP contribution in [-0.4, -0.2) is 44.7 Å². The Morgan fingerprint density at radius 1 is 1.32 bits per heavy atom. The molecule has 0 radical (unpaired) electrons. The van der Waals surface area contributed by atoms with Crippen LogP contribution in [0.2, 0.25) is 0 Å². The molecule has 5 rings (SSSR count). The van der Waals surface area contributed by atoms with Gasteiger partial charge in [-0.2, -0.15) is 5.10 Å². The molecule has 10 heteroatoms. The van der Waals surface area contributed by atoms with Gasteiger partial charge in [-0.1, -0.05) is 0 Å². The number of fused-ring (bicyclic) bond motifs is 2. The van der Waals surface area contributed by atoms with Crippen molar-refractivity contribution in [3.05, 3.63) is 47.7 Å². The maximum atomic E-state index is 15.1. The van der Waals surface area contributed by atoms with Gasteiger partial charge >= 0.3 is 5.97 Å². The number of esters is 1. The quantitative estimate of drug-likeness (QED) is 0.488. The van der Waals surface area contributed by atoms with E-state index >= 15 is 4.39 Å². The van der Waals surface area contributed by atoms with Crippen LogP contribution in [0.3, 0.4) is 0 Å². The van der Waals surface area contributed by atoms with Crippen molar-refractivity contribution in [2.75, 3.05) is 12.4 Å². The largest absolute Gasteiger partial charge is 0.465 e. The van der Waals surface area contributed by atoms with Gasteiger partial charge in [-0.05, 0) is 36.6 Å². The lowest BCUT2D eigenvalue weighted by atomic mass is 9.94. The number of nitrogens with one attached hydrogen (secondary N) is 2. The van der Waals surface area contributed by atoms with E-state index in [4.69, 9.17) is 4.74 Å². The van der Waals surface area contributed by atoms with Crippen molar-refractivity contribution in [2.24, 2.45) is 5.92 Å². The second-order valence-corrected chi connectivity index (χ2v) is 7.50. The third-order valence-electron chi connectivity index (χ3n) is 5.51. The monoisotopic (exact) mass is 425 g/mol. The molecule has 31 heavy (non-hydrogen) atoms. The Morgan fingerprint density at radius 2 is 2.10 bits per heavy atom. The number of methoxy groups -OCH3 is 1. The molecule has 0 saturated heterocycles. The van der Waals surface area contributed by atoms with Crippen LogP contribution in [0.15, 0.2) is 30.7 Å². The molecule has 2 atom stereocenters. The number of ether oxygens (including phenoxy) is 1. The lowest BCUT2D eigenvalue weighted by Crippen LogP contribution is -2.15. The average Bonchev–Trinajstić information content (AvgIpc) is 3.12. The number of carbonyl (C=O) groups is 2. The van der Waals surface area contributed by atoms with E-state index in [1.165, 1.54) is 13.3 Å². The maximum Gasteiger partial charge on any atom is 0.343 e. The van der Waals surface area contributed by atoms with Crippen LogP contribution >= 0.6 is 0 Å². The number of hydrogen-bond acceptors (Lipinski definition) is 5. The summed E-state index contributed by atoms with van der Waals surface area (Å²) >= 11 is 0. The summed E-state index contributed by atoms with van der Waals surface area (Å²) in [7, 11) is 1.19. The van der Waals surface area contributed by atoms with Crippen molar-refractivity contribution < 1.29 is 23.1 Å². The van der Waals surface area contributed by atoms with Gasteiger partial charge in [0.1, 0.15) is 23.2 Å². The first-order valence-electron chi connectivity index (χ1n) is 9.56. The van der Waals surface area contributed by atoms with E-state index in [0.29, 0.717) is 28.0 Å². The lowest BCUT2D eigenvalue weighted by molar-refractivity contribution is -0.117. The predicted octanol–water partition coefficient (Wildman–Crippen LogP) is 3.41. The van der Waals surface area contributed by atoms with Crippen molar-refractivity contribution in [3.63, 3.8) is 0 Å². The third kappa shape index (κ3) is 3.02. The Bertz CT molecular complexity index is 1380. The molecule has 0 aliphatic heterocycles. The lowest BCUT2D eigenvalue weighted by Gasteiger charge is -2.13. The molecule has 1 fully saturated rings. The second-order valence-electron chi connectivity index (χ2n) is 7.50. The minimum atomic E-state index is -1.09. The van der Waals surface area contributed by atoms with Gasteiger partial charge in [0.2, 0.25) is 5.91 Å². The first-order chi connectivity index (χ1) is 14.9. The molecular formula is C21H17F2N5O3. The van der Waals surface area contributed by atoms with Gasteiger partial charge in [0.15, 0.2) is 5.82 Å². The van der Waals surface area contributed by atoms with Gasteiger partial charge in [0.25, 0.3) is 0 Å². The Labute approximate surface area is 174 Å². The van der Waals surface area contributed by atoms with Gasteiger partial charge in [0.05, 0.1) is 30.9 Å². The molecule has 1 saturated carbocycles. The highest BCUT2D eigenvalue weighted by Crippen LogP contribution is 2.37. The molecule has 3 aromatic heterocycles. The van der Waals surface area contributed by atoms with E-state index in [2.05, 4.69) is 20.5 Å². The van der Waals surface area contributed by atoms with Crippen LogP contribution < -0.4 is 5.32 Å². The minimum absolute atomic E-state index is 0.198. The Morgan fingerprint density at radius 3 is 2.81 bits per heavy atom. The molecule has 4 aromatic rings. The van der Waals surface area contributed by atoms with Crippen LogP contribution in [0.5, 0.6) is 0 Å². The summed E-state index contributed by atoms with van der Waals surface area (Å²) in [5.74, 6) is -2.19. The van der Waals surface area contributed by atoms with Crippen LogP contribution in [0.25, 0.3) is 27.7 Å². The van der Waals surface area contributed by atoms with Crippen LogP contribution in [0, 0.1) is 18.7 Å². The molecule has 1 aliphatic rings. The number of alkyl halides is 1. The van der Waals surface area contributed by atoms with Crippen LogP contribution in [-0.2, 0) is 9.53 Å². The molecule has 0 unspecified atom stereocenters. The van der Waals surface area contributed by atoms with E-state index < -0.39 is 29.8 Å². The molecule has 1 amide bonds. The summed E-state index contributed by atoms with van der Waals surface area (Å²) in [6.45, 7) is 1.58. The minimum Gasteiger partial charge on any atom is -0.465 e. The normalized spacial score (nSPS) is 17.8. The first-order valence-corrected chi connectivity index (χ1v) is 9.56. The fourth-order valence-electron chi connectivity index (χ4n) is 3.80. The third-order valence-corrected chi connectivity index (χ3v) is 5.51. The summed E-state index contributed by atoms with van der Waals surface area (Å²) in [5, 5.41) is 9.84. The van der Waals surface area contributed by atoms with Gasteiger partial charge in [-0.25, -0.2) is 18.6 Å². The number of H-pyrrole nitrogens is 1. The number of rotatable bonds is 4. The van der Waals surface area contributed by atoms with Crippen molar-refractivity contribution in [3.8, 4) is 11.1 Å². The highest BCUT2D eigenvalue weighted by molar-refractivity contribution is 6.08. The summed E-state index contributed by atoms with van der Waals surface area (Å²) in [6, 6.07) is 3.48. The number of pyridine rings is 1. The number of nitrogens with zero attached hydrogens (tertiary/aromatic N) is 3. The Hall–Kier alpha value is -3.82. The van der Waals surface area contributed by atoms with Crippen molar-refractivity contribution >= 4 is 34.2 Å². The number of amides is 1. The van der Waals surface area contributed by atoms with Crippen LogP contribution in [0.4, 0.5) is 14.6 Å². The average molecular weight is 425 g/mol. The molecule has 1 aromatic carbocycles. The fourth-order valence-corrected chi connectivity index (χ4v) is 3.80. The zero-order valence-electron chi connectivity index (χ0n) is 16.6. The standard InChI is InChI=1S/C21H17F2N5O3/c1-9-16(12-6-24-27-19(12)17(18(9)23)21(30)31-2)10-3-4-15-25-14(8-28(15)7-10)26-20(29)11-5-13(11)22/h3-4,6-8,11,13H,5H2,1-2H3,(H,24,27)(H,26,29)/t11-,13+/m1/s1.